The summed E-state index contributed by atoms with van der Waals surface area (Å²) in [5.74, 6) is 0. The zero-order chi connectivity index (χ0) is 14.2. The van der Waals surface area contributed by atoms with E-state index in [1.54, 1.807) is 0 Å². The standard InChI is InChI=1S/C19H18N2/c1-20-19-9-8-16-14(6-3-7-17(16)19)15-5-2-4-13-10-11-21-12-18(13)15/h2-7,10-12,19-20H,8-9H2,1H3. The molecule has 3 aromatic rings. The second kappa shape index (κ2) is 4.97. The summed E-state index contributed by atoms with van der Waals surface area (Å²) in [7, 11) is 2.05. The molecule has 0 fully saturated rings. The van der Waals surface area contributed by atoms with Crippen molar-refractivity contribution in [3.05, 3.63) is 66.0 Å². The first-order valence-corrected chi connectivity index (χ1v) is 7.50. The van der Waals surface area contributed by atoms with Gasteiger partial charge in [-0.1, -0.05) is 36.4 Å². The van der Waals surface area contributed by atoms with Crippen LogP contribution >= 0.6 is 0 Å². The number of nitrogens with one attached hydrogen (secondary N) is 1. The monoisotopic (exact) mass is 274 g/mol. The van der Waals surface area contributed by atoms with Gasteiger partial charge in [0.2, 0.25) is 0 Å². The fraction of sp³-hybridized carbons (Fsp3) is 0.211. The van der Waals surface area contributed by atoms with Crippen molar-refractivity contribution in [2.24, 2.45) is 0 Å². The lowest BCUT2D eigenvalue weighted by molar-refractivity contribution is 0.590. The van der Waals surface area contributed by atoms with Crippen LogP contribution in [0.15, 0.2) is 54.9 Å². The van der Waals surface area contributed by atoms with Crippen molar-refractivity contribution in [2.75, 3.05) is 7.05 Å². The highest BCUT2D eigenvalue weighted by Gasteiger charge is 2.23. The molecule has 2 aromatic carbocycles. The van der Waals surface area contributed by atoms with Gasteiger partial charge in [0.05, 0.1) is 0 Å². The van der Waals surface area contributed by atoms with Gasteiger partial charge in [-0.3, -0.25) is 4.98 Å². The van der Waals surface area contributed by atoms with E-state index < -0.39 is 0 Å². The Morgan fingerprint density at radius 3 is 2.81 bits per heavy atom. The predicted octanol–water partition coefficient (Wildman–Crippen LogP) is 4.11. The SMILES string of the molecule is CNC1CCc2c(-c3cccc4ccncc34)cccc21. The second-order valence-corrected chi connectivity index (χ2v) is 5.66. The molecule has 1 N–H and O–H groups in total. The zero-order valence-electron chi connectivity index (χ0n) is 12.1. The van der Waals surface area contributed by atoms with Gasteiger partial charge >= 0.3 is 0 Å². The van der Waals surface area contributed by atoms with Crippen LogP contribution in [0.25, 0.3) is 21.9 Å². The third-order valence-electron chi connectivity index (χ3n) is 4.59. The van der Waals surface area contributed by atoms with Gasteiger partial charge in [0.15, 0.2) is 0 Å². The summed E-state index contributed by atoms with van der Waals surface area (Å²) in [5, 5.41) is 5.91. The fourth-order valence-electron chi connectivity index (χ4n) is 3.55. The third kappa shape index (κ3) is 1.95. The fourth-order valence-corrected chi connectivity index (χ4v) is 3.55. The van der Waals surface area contributed by atoms with E-state index in [1.165, 1.54) is 39.4 Å². The minimum absolute atomic E-state index is 0.494. The molecule has 104 valence electrons. The molecular weight excluding hydrogens is 256 g/mol. The molecule has 0 spiro atoms. The van der Waals surface area contributed by atoms with E-state index in [4.69, 9.17) is 0 Å². The quantitative estimate of drug-likeness (QED) is 0.760. The number of pyridine rings is 1. The van der Waals surface area contributed by atoms with Crippen molar-refractivity contribution in [3.8, 4) is 11.1 Å². The molecule has 21 heavy (non-hydrogen) atoms. The zero-order valence-corrected chi connectivity index (χ0v) is 12.1. The minimum Gasteiger partial charge on any atom is -0.313 e. The summed E-state index contributed by atoms with van der Waals surface area (Å²) in [4.78, 5) is 4.31. The second-order valence-electron chi connectivity index (χ2n) is 5.66. The van der Waals surface area contributed by atoms with Crippen LogP contribution in [0.3, 0.4) is 0 Å². The van der Waals surface area contributed by atoms with Gasteiger partial charge in [0.1, 0.15) is 0 Å². The summed E-state index contributed by atoms with van der Waals surface area (Å²) in [6.45, 7) is 0. The molecule has 2 nitrogen and oxygen atoms in total. The van der Waals surface area contributed by atoms with Crippen molar-refractivity contribution in [1.29, 1.82) is 0 Å². The first kappa shape index (κ1) is 12.5. The van der Waals surface area contributed by atoms with Gasteiger partial charge in [-0.25, -0.2) is 0 Å². The van der Waals surface area contributed by atoms with Crippen molar-refractivity contribution >= 4 is 10.8 Å². The van der Waals surface area contributed by atoms with Gasteiger partial charge < -0.3 is 5.32 Å². The van der Waals surface area contributed by atoms with E-state index >= 15 is 0 Å². The van der Waals surface area contributed by atoms with Gasteiger partial charge in [-0.2, -0.15) is 0 Å². The number of nitrogens with zero attached hydrogens (tertiary/aromatic N) is 1. The average Bonchev–Trinajstić information content (AvgIpc) is 2.97. The van der Waals surface area contributed by atoms with Crippen LogP contribution in [0.1, 0.15) is 23.6 Å². The van der Waals surface area contributed by atoms with Crippen LogP contribution in [0.4, 0.5) is 0 Å². The van der Waals surface area contributed by atoms with Crippen LogP contribution in [0, 0.1) is 0 Å². The Morgan fingerprint density at radius 2 is 1.90 bits per heavy atom. The number of rotatable bonds is 2. The molecule has 1 unspecified atom stereocenters. The van der Waals surface area contributed by atoms with Gasteiger partial charge in [-0.15, -0.1) is 0 Å². The summed E-state index contributed by atoms with van der Waals surface area (Å²) < 4.78 is 0. The number of benzene rings is 2. The molecule has 1 heterocycles. The summed E-state index contributed by atoms with van der Waals surface area (Å²) in [5.41, 5.74) is 5.61. The Balaban J connectivity index is 1.97. The topological polar surface area (TPSA) is 24.9 Å². The number of aromatic nitrogens is 1. The smallest absolute Gasteiger partial charge is 0.0352 e. The highest BCUT2D eigenvalue weighted by Crippen LogP contribution is 2.39. The van der Waals surface area contributed by atoms with E-state index in [0.29, 0.717) is 6.04 Å². The molecule has 1 atom stereocenters. The first-order valence-electron chi connectivity index (χ1n) is 7.50. The van der Waals surface area contributed by atoms with E-state index in [9.17, 15) is 0 Å². The molecule has 1 aromatic heterocycles. The van der Waals surface area contributed by atoms with Crippen molar-refractivity contribution in [3.63, 3.8) is 0 Å². The summed E-state index contributed by atoms with van der Waals surface area (Å²) in [6, 6.07) is 15.8. The highest BCUT2D eigenvalue weighted by atomic mass is 14.9. The van der Waals surface area contributed by atoms with Crippen LogP contribution in [0.5, 0.6) is 0 Å². The van der Waals surface area contributed by atoms with E-state index in [1.807, 2.05) is 19.4 Å². The molecule has 0 amide bonds. The predicted molar refractivity (Wildman–Crippen MR) is 87.3 cm³/mol. The number of hydrogen-bond acceptors (Lipinski definition) is 2. The van der Waals surface area contributed by atoms with Gasteiger partial charge in [0.25, 0.3) is 0 Å². The van der Waals surface area contributed by atoms with E-state index in [2.05, 4.69) is 52.8 Å². The molecule has 0 saturated heterocycles. The van der Waals surface area contributed by atoms with E-state index in [0.717, 1.165) is 6.42 Å². The van der Waals surface area contributed by atoms with Crippen LogP contribution in [0.2, 0.25) is 0 Å². The molecule has 0 bridgehead atoms. The van der Waals surface area contributed by atoms with Crippen LogP contribution < -0.4 is 5.32 Å². The normalized spacial score (nSPS) is 17.1. The largest absolute Gasteiger partial charge is 0.313 e. The van der Waals surface area contributed by atoms with Crippen molar-refractivity contribution in [2.45, 2.75) is 18.9 Å². The van der Waals surface area contributed by atoms with Crippen LogP contribution in [-0.2, 0) is 6.42 Å². The van der Waals surface area contributed by atoms with Gasteiger partial charge in [-0.05, 0) is 53.6 Å². The average molecular weight is 274 g/mol. The maximum atomic E-state index is 4.31. The van der Waals surface area contributed by atoms with Crippen LogP contribution in [-0.4, -0.2) is 12.0 Å². The Hall–Kier alpha value is -2.19. The Labute approximate surface area is 124 Å². The number of hydrogen-bond donors (Lipinski definition) is 1. The molecule has 1 aliphatic carbocycles. The Kier molecular flexibility index (Phi) is 2.97. The lowest BCUT2D eigenvalue weighted by Gasteiger charge is -2.13. The van der Waals surface area contributed by atoms with Gasteiger partial charge in [0, 0.05) is 23.8 Å². The molecule has 0 radical (unpaired) electrons. The Bertz CT molecular complexity index is 802. The summed E-state index contributed by atoms with van der Waals surface area (Å²) in [6.07, 6.45) is 6.17. The number of fused-ring (bicyclic) bond motifs is 2. The maximum absolute atomic E-state index is 4.31. The summed E-state index contributed by atoms with van der Waals surface area (Å²) >= 11 is 0. The first-order chi connectivity index (χ1) is 10.4. The molecule has 1 aliphatic rings. The lowest BCUT2D eigenvalue weighted by atomic mass is 9.93. The maximum Gasteiger partial charge on any atom is 0.0352 e. The third-order valence-corrected chi connectivity index (χ3v) is 4.59. The molecule has 2 heteroatoms. The molecule has 0 aliphatic heterocycles. The molecular formula is C19H18N2. The lowest BCUT2D eigenvalue weighted by Crippen LogP contribution is -2.12. The van der Waals surface area contributed by atoms with Crippen molar-refractivity contribution < 1.29 is 0 Å². The Morgan fingerprint density at radius 1 is 1.05 bits per heavy atom. The van der Waals surface area contributed by atoms with Crippen molar-refractivity contribution in [1.82, 2.24) is 10.3 Å². The molecule has 0 saturated carbocycles. The van der Waals surface area contributed by atoms with E-state index in [-0.39, 0.29) is 0 Å². The highest BCUT2D eigenvalue weighted by molar-refractivity contribution is 5.97. The molecule has 4 rings (SSSR count). The minimum atomic E-state index is 0.494.